The zero-order valence-corrected chi connectivity index (χ0v) is 15.7. The third-order valence-corrected chi connectivity index (χ3v) is 4.21. The monoisotopic (exact) mass is 439 g/mol. The zero-order valence-electron chi connectivity index (χ0n) is 15.0. The maximum atomic E-state index is 13.2. The van der Waals surface area contributed by atoms with E-state index in [2.05, 4.69) is 12.4 Å². The zero-order chi connectivity index (χ0) is 22.1. The maximum absolute atomic E-state index is 13.2. The molecule has 5 nitrogen and oxygen atoms in total. The minimum atomic E-state index is -4.71. The van der Waals surface area contributed by atoms with E-state index in [1.807, 2.05) is 0 Å². The van der Waals surface area contributed by atoms with Crippen LogP contribution in [0.15, 0.2) is 59.5 Å². The number of nitrogens with one attached hydrogen (secondary N) is 1. The van der Waals surface area contributed by atoms with Crippen LogP contribution in [0.3, 0.4) is 0 Å². The smallest absolute Gasteiger partial charge is 0.416 e. The lowest BCUT2D eigenvalue weighted by Crippen LogP contribution is -2.18. The summed E-state index contributed by atoms with van der Waals surface area (Å²) < 4.78 is 59.1. The van der Waals surface area contributed by atoms with Gasteiger partial charge in [-0.3, -0.25) is 9.59 Å². The highest BCUT2D eigenvalue weighted by Gasteiger charge is 2.32. The number of amides is 1. The van der Waals surface area contributed by atoms with Gasteiger partial charge in [0.05, 0.1) is 16.1 Å². The van der Waals surface area contributed by atoms with Gasteiger partial charge in [0.2, 0.25) is 0 Å². The molecular formula is C20H12ClF4N2O3. The van der Waals surface area contributed by atoms with Gasteiger partial charge in [-0.2, -0.15) is 13.2 Å². The summed E-state index contributed by atoms with van der Waals surface area (Å²) in [6.45, 7) is 0. The molecule has 155 valence electrons. The molecule has 0 fully saturated rings. The first-order valence-electron chi connectivity index (χ1n) is 8.23. The van der Waals surface area contributed by atoms with E-state index in [1.54, 1.807) is 0 Å². The molecule has 2 aromatic carbocycles. The first kappa shape index (κ1) is 21.4. The van der Waals surface area contributed by atoms with Crippen molar-refractivity contribution in [1.29, 1.82) is 0 Å². The highest BCUT2D eigenvalue weighted by molar-refractivity contribution is 6.32. The summed E-state index contributed by atoms with van der Waals surface area (Å²) >= 11 is 5.89. The van der Waals surface area contributed by atoms with Gasteiger partial charge in [0.1, 0.15) is 17.3 Å². The van der Waals surface area contributed by atoms with Crippen molar-refractivity contribution in [2.75, 3.05) is 5.32 Å². The summed E-state index contributed by atoms with van der Waals surface area (Å²) in [6, 6.07) is 7.84. The lowest BCUT2D eigenvalue weighted by atomic mass is 10.1. The summed E-state index contributed by atoms with van der Waals surface area (Å²) in [5, 5.41) is 2.20. The fourth-order valence-corrected chi connectivity index (χ4v) is 2.64. The molecule has 0 aliphatic carbocycles. The van der Waals surface area contributed by atoms with Gasteiger partial charge in [-0.1, -0.05) is 11.6 Å². The van der Waals surface area contributed by atoms with E-state index in [0.29, 0.717) is 6.07 Å². The minimum Gasteiger partial charge on any atom is -0.455 e. The molecule has 1 heterocycles. The summed E-state index contributed by atoms with van der Waals surface area (Å²) in [6.07, 6.45) is -3.44. The fraction of sp³-hybridized carbons (Fsp3) is 0.0500. The molecular weight excluding hydrogens is 428 g/mol. The van der Waals surface area contributed by atoms with Gasteiger partial charge in [0.15, 0.2) is 0 Å². The summed E-state index contributed by atoms with van der Waals surface area (Å²) in [5.41, 5.74) is -2.04. The van der Waals surface area contributed by atoms with Crippen molar-refractivity contribution in [3.05, 3.63) is 94.1 Å². The van der Waals surface area contributed by atoms with E-state index in [1.165, 1.54) is 18.3 Å². The molecule has 0 spiro atoms. The molecule has 0 saturated heterocycles. The molecule has 1 N–H and O–H groups in total. The van der Waals surface area contributed by atoms with Gasteiger partial charge in [-0.25, -0.2) is 4.39 Å². The predicted octanol–water partition coefficient (Wildman–Crippen LogP) is 5.34. The Morgan fingerprint density at radius 3 is 2.40 bits per heavy atom. The average molecular weight is 440 g/mol. The number of carbonyl (C=O) groups excluding carboxylic acids is 1. The van der Waals surface area contributed by atoms with Crippen molar-refractivity contribution in [1.82, 2.24) is 4.57 Å². The predicted molar refractivity (Wildman–Crippen MR) is 102 cm³/mol. The molecule has 0 aliphatic heterocycles. The van der Waals surface area contributed by atoms with Crippen LogP contribution >= 0.6 is 11.6 Å². The Kier molecular flexibility index (Phi) is 5.84. The number of pyridine rings is 1. The van der Waals surface area contributed by atoms with Crippen molar-refractivity contribution >= 4 is 23.2 Å². The first-order chi connectivity index (χ1) is 14.0. The molecule has 3 aromatic rings. The minimum absolute atomic E-state index is 0.0491. The highest BCUT2D eigenvalue weighted by atomic mass is 35.5. The van der Waals surface area contributed by atoms with Crippen LogP contribution in [-0.2, 0) is 6.18 Å². The number of rotatable bonds is 4. The second kappa shape index (κ2) is 8.19. The van der Waals surface area contributed by atoms with Crippen molar-refractivity contribution in [3.63, 3.8) is 0 Å². The number of nitrogens with zero attached hydrogens (tertiary/aromatic N) is 1. The molecule has 30 heavy (non-hydrogen) atoms. The van der Waals surface area contributed by atoms with Crippen LogP contribution in [0.25, 0.3) is 0 Å². The molecule has 1 radical (unpaired) electrons. The van der Waals surface area contributed by atoms with Crippen LogP contribution in [0.4, 0.5) is 23.2 Å². The number of carbonyl (C=O) groups is 1. The van der Waals surface area contributed by atoms with Crippen molar-refractivity contribution < 1.29 is 27.1 Å². The molecule has 10 heteroatoms. The normalized spacial score (nSPS) is 11.3. The van der Waals surface area contributed by atoms with Gasteiger partial charge >= 0.3 is 6.18 Å². The van der Waals surface area contributed by atoms with E-state index in [4.69, 9.17) is 16.3 Å². The quantitative estimate of drug-likeness (QED) is 0.558. The highest BCUT2D eigenvalue weighted by Crippen LogP contribution is 2.36. The van der Waals surface area contributed by atoms with Gasteiger partial charge < -0.3 is 14.6 Å². The lowest BCUT2D eigenvalue weighted by Gasteiger charge is -2.15. The topological polar surface area (TPSA) is 60.3 Å². The number of aromatic nitrogens is 1. The SMILES string of the molecule is [CH2]n1ccc(NC(=O)c2cc(C(F)(F)F)ccc2Oc2ccc(F)cc2Cl)cc1=O. The Bertz CT molecular complexity index is 1180. The van der Waals surface area contributed by atoms with Crippen LogP contribution in [0.1, 0.15) is 15.9 Å². The molecule has 0 bridgehead atoms. The second-order valence-corrected chi connectivity index (χ2v) is 6.47. The second-order valence-electron chi connectivity index (χ2n) is 6.06. The third kappa shape index (κ3) is 4.80. The standard InChI is InChI=1S/C20H12ClF4N2O3/c1-27-7-6-13(10-18(27)28)26-19(29)14-8-11(20(23,24)25)2-4-16(14)30-17-5-3-12(22)9-15(17)21/h2-10H,1H2,(H,26,29). The Balaban J connectivity index is 2.01. The van der Waals surface area contributed by atoms with Crippen LogP contribution in [0.2, 0.25) is 5.02 Å². The number of alkyl halides is 3. The van der Waals surface area contributed by atoms with E-state index < -0.39 is 34.6 Å². The summed E-state index contributed by atoms with van der Waals surface area (Å²) in [5.74, 6) is -1.92. The van der Waals surface area contributed by atoms with Crippen molar-refractivity contribution in [3.8, 4) is 11.5 Å². The summed E-state index contributed by atoms with van der Waals surface area (Å²) in [4.78, 5) is 24.3. The van der Waals surface area contributed by atoms with E-state index in [0.717, 1.165) is 34.9 Å². The fourth-order valence-electron chi connectivity index (χ4n) is 2.43. The third-order valence-electron chi connectivity index (χ3n) is 3.92. The number of ether oxygens (including phenoxy) is 1. The van der Waals surface area contributed by atoms with Gasteiger partial charge in [-0.15, -0.1) is 0 Å². The van der Waals surface area contributed by atoms with Gasteiger partial charge in [-0.05, 0) is 42.5 Å². The lowest BCUT2D eigenvalue weighted by molar-refractivity contribution is -0.137. The molecule has 0 aliphatic rings. The van der Waals surface area contributed by atoms with Crippen molar-refractivity contribution in [2.45, 2.75) is 6.18 Å². The Hall–Kier alpha value is -3.33. The van der Waals surface area contributed by atoms with Gasteiger partial charge in [0.25, 0.3) is 11.5 Å². The number of benzene rings is 2. The Labute approximate surface area is 172 Å². The molecule has 0 atom stereocenters. The molecule has 1 amide bonds. The number of hydrogen-bond acceptors (Lipinski definition) is 3. The van der Waals surface area contributed by atoms with Gasteiger partial charge in [0, 0.05) is 25.0 Å². The maximum Gasteiger partial charge on any atom is 0.416 e. The number of hydrogen-bond donors (Lipinski definition) is 1. The van der Waals surface area contributed by atoms with E-state index >= 15 is 0 Å². The average Bonchev–Trinajstić information content (AvgIpc) is 2.66. The number of halogens is 5. The Morgan fingerprint density at radius 1 is 1.07 bits per heavy atom. The van der Waals surface area contributed by atoms with Crippen LogP contribution in [0, 0.1) is 12.9 Å². The largest absolute Gasteiger partial charge is 0.455 e. The summed E-state index contributed by atoms with van der Waals surface area (Å²) in [7, 11) is 3.42. The Morgan fingerprint density at radius 2 is 1.77 bits per heavy atom. The first-order valence-corrected chi connectivity index (χ1v) is 8.61. The van der Waals surface area contributed by atoms with Crippen LogP contribution < -0.4 is 15.6 Å². The molecule has 0 saturated carbocycles. The molecule has 1 aromatic heterocycles. The van der Waals surface area contributed by atoms with E-state index in [-0.39, 0.29) is 22.2 Å². The van der Waals surface area contributed by atoms with Crippen molar-refractivity contribution in [2.24, 2.45) is 0 Å². The van der Waals surface area contributed by atoms with Crippen LogP contribution in [0.5, 0.6) is 11.5 Å². The molecule has 0 unspecified atom stereocenters. The molecule has 3 rings (SSSR count). The van der Waals surface area contributed by atoms with Crippen LogP contribution in [-0.4, -0.2) is 10.5 Å². The number of anilines is 1. The van der Waals surface area contributed by atoms with E-state index in [9.17, 15) is 27.2 Å².